The molecule has 168 valence electrons. The van der Waals surface area contributed by atoms with Gasteiger partial charge in [-0.3, -0.25) is 9.59 Å². The summed E-state index contributed by atoms with van der Waals surface area (Å²) in [4.78, 5) is 47.7. The van der Waals surface area contributed by atoms with Crippen molar-refractivity contribution < 1.29 is 14.4 Å². The lowest BCUT2D eigenvalue weighted by atomic mass is 9.99. The van der Waals surface area contributed by atoms with Gasteiger partial charge in [-0.2, -0.15) is 4.99 Å². The number of piperidine rings is 2. The zero-order valence-electron chi connectivity index (χ0n) is 18.1. The lowest BCUT2D eigenvalue weighted by Gasteiger charge is -2.40. The lowest BCUT2D eigenvalue weighted by Crippen LogP contribution is -2.48. The van der Waals surface area contributed by atoms with Crippen LogP contribution in [0.4, 0.5) is 10.5 Å². The minimum Gasteiger partial charge on any atom is -0.342 e. The molecule has 4 aliphatic rings. The Labute approximate surface area is 192 Å². The smallest absolute Gasteiger partial charge is 0.342 e. The van der Waals surface area contributed by atoms with Gasteiger partial charge in [0.25, 0.3) is 5.91 Å². The van der Waals surface area contributed by atoms with Gasteiger partial charge in [0.05, 0.1) is 17.8 Å². The molecule has 0 saturated carbocycles. The van der Waals surface area contributed by atoms with E-state index in [2.05, 4.69) is 9.89 Å². The Morgan fingerprint density at radius 3 is 2.44 bits per heavy atom. The molecule has 0 spiro atoms. The van der Waals surface area contributed by atoms with E-state index in [1.807, 2.05) is 17.0 Å². The number of likely N-dealkylation sites (tertiary alicyclic amines) is 2. The fraction of sp³-hybridized carbons (Fsp3) is 0.500. The highest BCUT2D eigenvalue weighted by Gasteiger charge is 2.39. The van der Waals surface area contributed by atoms with E-state index in [1.165, 1.54) is 44.1 Å². The molecular formula is C24H28N4O3S. The number of anilines is 1. The largest absolute Gasteiger partial charge is 0.355 e. The maximum Gasteiger partial charge on any atom is 0.355 e. The van der Waals surface area contributed by atoms with Gasteiger partial charge in [-0.05, 0) is 68.0 Å². The van der Waals surface area contributed by atoms with Crippen LogP contribution in [0, 0.1) is 0 Å². The number of aliphatic imine (C=N–C) groups is 1. The molecule has 4 amide bonds. The molecule has 5 rings (SSSR count). The molecule has 2 fully saturated rings. The van der Waals surface area contributed by atoms with Gasteiger partial charge < -0.3 is 9.80 Å². The standard InChI is InChI=1S/C24H28N4O3S/c29-21(27-13-8-18(9-14-27)26-11-2-1-3-12-26)16-17-4-6-19(7-5-17)28-23(30)22-20(10-15-32-22)25-24(28)31/h4-7,10,15,18,22H,1-3,8-9,11-14,16H2. The van der Waals surface area contributed by atoms with Crippen LogP contribution in [-0.2, 0) is 16.0 Å². The predicted molar refractivity (Wildman–Crippen MR) is 126 cm³/mol. The van der Waals surface area contributed by atoms with E-state index in [-0.39, 0.29) is 11.8 Å². The van der Waals surface area contributed by atoms with E-state index in [4.69, 9.17) is 0 Å². The third kappa shape index (κ3) is 4.26. The first-order chi connectivity index (χ1) is 15.6. The van der Waals surface area contributed by atoms with E-state index >= 15 is 0 Å². The third-order valence-corrected chi connectivity index (χ3v) is 7.87. The number of urea groups is 1. The minimum absolute atomic E-state index is 0.141. The summed E-state index contributed by atoms with van der Waals surface area (Å²) in [5, 5.41) is 1.35. The lowest BCUT2D eigenvalue weighted by molar-refractivity contribution is -0.132. The van der Waals surface area contributed by atoms with Gasteiger partial charge in [0, 0.05) is 19.1 Å². The van der Waals surface area contributed by atoms with Crippen molar-refractivity contribution in [2.45, 2.75) is 49.8 Å². The molecule has 0 radical (unpaired) electrons. The number of carbonyl (C=O) groups is 3. The van der Waals surface area contributed by atoms with Crippen LogP contribution in [0.5, 0.6) is 0 Å². The number of benzene rings is 1. The summed E-state index contributed by atoms with van der Waals surface area (Å²) >= 11 is 1.36. The van der Waals surface area contributed by atoms with Crippen LogP contribution in [0.1, 0.15) is 37.7 Å². The molecule has 1 atom stereocenters. The molecule has 4 aliphatic heterocycles. The number of imide groups is 1. The first-order valence-corrected chi connectivity index (χ1v) is 12.4. The molecule has 4 heterocycles. The maximum atomic E-state index is 12.8. The molecular weight excluding hydrogens is 424 g/mol. The molecule has 1 unspecified atom stereocenters. The Hall–Kier alpha value is -2.45. The molecule has 2 saturated heterocycles. The van der Waals surface area contributed by atoms with Gasteiger partial charge in [-0.15, -0.1) is 11.8 Å². The fourth-order valence-electron chi connectivity index (χ4n) is 5.05. The van der Waals surface area contributed by atoms with Crippen LogP contribution in [0.3, 0.4) is 0 Å². The van der Waals surface area contributed by atoms with Gasteiger partial charge in [0.15, 0.2) is 0 Å². The Morgan fingerprint density at radius 2 is 1.72 bits per heavy atom. The van der Waals surface area contributed by atoms with Gasteiger partial charge in [-0.1, -0.05) is 18.6 Å². The van der Waals surface area contributed by atoms with E-state index < -0.39 is 11.3 Å². The monoisotopic (exact) mass is 452 g/mol. The highest BCUT2D eigenvalue weighted by molar-refractivity contribution is 8.04. The number of rotatable bonds is 4. The summed E-state index contributed by atoms with van der Waals surface area (Å²) in [6.45, 7) is 4.05. The third-order valence-electron chi connectivity index (χ3n) is 6.86. The number of thioether (sulfide) groups is 1. The van der Waals surface area contributed by atoms with Gasteiger partial charge in [-0.25, -0.2) is 9.69 Å². The Balaban J connectivity index is 1.17. The van der Waals surface area contributed by atoms with Crippen molar-refractivity contribution in [1.82, 2.24) is 9.80 Å². The van der Waals surface area contributed by atoms with E-state index in [0.29, 0.717) is 23.9 Å². The molecule has 0 N–H and O–H groups in total. The number of nitrogens with zero attached hydrogens (tertiary/aromatic N) is 4. The second-order valence-corrected chi connectivity index (χ2v) is 9.88. The first kappa shape index (κ1) is 21.4. The van der Waals surface area contributed by atoms with E-state index in [9.17, 15) is 14.4 Å². The summed E-state index contributed by atoms with van der Waals surface area (Å²) < 4.78 is 0. The fourth-order valence-corrected chi connectivity index (χ4v) is 5.92. The highest BCUT2D eigenvalue weighted by Crippen LogP contribution is 2.31. The van der Waals surface area contributed by atoms with Crippen LogP contribution in [0.2, 0.25) is 0 Å². The molecule has 0 aliphatic carbocycles. The molecule has 7 nitrogen and oxygen atoms in total. The molecule has 32 heavy (non-hydrogen) atoms. The number of fused-ring (bicyclic) bond motifs is 1. The van der Waals surface area contributed by atoms with Gasteiger partial charge in [0.1, 0.15) is 5.25 Å². The van der Waals surface area contributed by atoms with Crippen LogP contribution in [0.15, 0.2) is 40.7 Å². The van der Waals surface area contributed by atoms with Crippen LogP contribution in [0.25, 0.3) is 0 Å². The zero-order chi connectivity index (χ0) is 22.1. The minimum atomic E-state index is -0.561. The average molecular weight is 453 g/mol. The number of amides is 4. The Morgan fingerprint density at radius 1 is 1.00 bits per heavy atom. The van der Waals surface area contributed by atoms with Crippen molar-refractivity contribution in [3.05, 3.63) is 41.3 Å². The Kier molecular flexibility index (Phi) is 6.15. The van der Waals surface area contributed by atoms with Gasteiger partial charge >= 0.3 is 6.03 Å². The molecule has 1 aromatic rings. The quantitative estimate of drug-likeness (QED) is 0.701. The van der Waals surface area contributed by atoms with Crippen molar-refractivity contribution in [1.29, 1.82) is 0 Å². The van der Waals surface area contributed by atoms with E-state index in [0.717, 1.165) is 36.4 Å². The number of hydrogen-bond donors (Lipinski definition) is 0. The summed E-state index contributed by atoms with van der Waals surface area (Å²) in [5.41, 5.74) is 1.90. The Bertz CT molecular complexity index is 960. The molecule has 1 aromatic carbocycles. The highest BCUT2D eigenvalue weighted by atomic mass is 32.2. The molecule has 0 bridgehead atoms. The SMILES string of the molecule is O=C(Cc1ccc(N2C(=O)N=C3C=CSC3C2=O)cc1)N1CCC(N2CCCCC2)CC1. The second-order valence-electron chi connectivity index (χ2n) is 8.86. The summed E-state index contributed by atoms with van der Waals surface area (Å²) in [7, 11) is 0. The van der Waals surface area contributed by atoms with Crippen LogP contribution >= 0.6 is 11.8 Å². The summed E-state index contributed by atoms with van der Waals surface area (Å²) in [6, 6.07) is 7.17. The van der Waals surface area contributed by atoms with Crippen molar-refractivity contribution in [2.24, 2.45) is 4.99 Å². The second kappa shape index (κ2) is 9.19. The zero-order valence-corrected chi connectivity index (χ0v) is 18.9. The van der Waals surface area contributed by atoms with Crippen molar-refractivity contribution >= 4 is 41.0 Å². The van der Waals surface area contributed by atoms with Crippen molar-refractivity contribution in [3.8, 4) is 0 Å². The predicted octanol–water partition coefficient (Wildman–Crippen LogP) is 3.24. The van der Waals surface area contributed by atoms with Gasteiger partial charge in [0.2, 0.25) is 5.91 Å². The first-order valence-electron chi connectivity index (χ1n) is 11.5. The average Bonchev–Trinajstić information content (AvgIpc) is 3.29. The van der Waals surface area contributed by atoms with Crippen molar-refractivity contribution in [3.63, 3.8) is 0 Å². The van der Waals surface area contributed by atoms with Crippen LogP contribution < -0.4 is 4.90 Å². The van der Waals surface area contributed by atoms with E-state index in [1.54, 1.807) is 23.6 Å². The topological polar surface area (TPSA) is 73.3 Å². The maximum absolute atomic E-state index is 12.8. The summed E-state index contributed by atoms with van der Waals surface area (Å²) in [6.07, 6.45) is 8.10. The van der Waals surface area contributed by atoms with Crippen molar-refractivity contribution in [2.75, 3.05) is 31.1 Å². The number of allylic oxidation sites excluding steroid dienone is 1. The normalized spacial score (nSPS) is 24.6. The molecule has 8 heteroatoms. The number of hydrogen-bond acceptors (Lipinski definition) is 5. The summed E-state index contributed by atoms with van der Waals surface area (Å²) in [5.74, 6) is -0.127. The van der Waals surface area contributed by atoms with Crippen LogP contribution in [-0.4, -0.2) is 70.8 Å². The number of carbonyl (C=O) groups excluding carboxylic acids is 3. The molecule has 0 aromatic heterocycles.